The Hall–Kier alpha value is 0.479. The zero-order valence-corrected chi connectivity index (χ0v) is 10.2. The summed E-state index contributed by atoms with van der Waals surface area (Å²) >= 11 is 7.79. The SMILES string of the molecule is [Se]=CCC(=[Se])Cc1cccs1. The van der Waals surface area contributed by atoms with E-state index in [1.165, 1.54) is 9.29 Å². The van der Waals surface area contributed by atoms with Gasteiger partial charge in [0.2, 0.25) is 0 Å². The van der Waals surface area contributed by atoms with Crippen LogP contribution in [-0.2, 0) is 6.42 Å². The molecule has 0 spiro atoms. The number of thiophene rings is 1. The predicted octanol–water partition coefficient (Wildman–Crippen LogP) is 0.992. The summed E-state index contributed by atoms with van der Waals surface area (Å²) in [6, 6.07) is 4.26. The quantitative estimate of drug-likeness (QED) is 0.727. The Bertz CT molecular complexity index is 239. The van der Waals surface area contributed by atoms with Crippen LogP contribution < -0.4 is 0 Å². The van der Waals surface area contributed by atoms with Gasteiger partial charge < -0.3 is 0 Å². The molecule has 0 aliphatic carbocycles. The van der Waals surface area contributed by atoms with Gasteiger partial charge in [0.1, 0.15) is 0 Å². The molecule has 1 rings (SSSR count). The van der Waals surface area contributed by atoms with Crippen LogP contribution in [0.3, 0.4) is 0 Å². The summed E-state index contributed by atoms with van der Waals surface area (Å²) < 4.78 is 1.39. The fraction of sp³-hybridized carbons (Fsp3) is 0.250. The van der Waals surface area contributed by atoms with Crippen LogP contribution in [0, 0.1) is 0 Å². The van der Waals surface area contributed by atoms with Crippen molar-refractivity contribution in [2.45, 2.75) is 12.8 Å². The van der Waals surface area contributed by atoms with Gasteiger partial charge in [-0.2, -0.15) is 0 Å². The van der Waals surface area contributed by atoms with Gasteiger partial charge in [-0.05, 0) is 0 Å². The molecule has 1 aromatic rings. The molecule has 0 aliphatic rings. The molecule has 3 heteroatoms. The van der Waals surface area contributed by atoms with Gasteiger partial charge in [-0.25, -0.2) is 0 Å². The van der Waals surface area contributed by atoms with Crippen molar-refractivity contribution in [2.24, 2.45) is 0 Å². The Morgan fingerprint density at radius 3 is 3.00 bits per heavy atom. The second-order valence-electron chi connectivity index (χ2n) is 2.17. The van der Waals surface area contributed by atoms with Crippen molar-refractivity contribution in [3.8, 4) is 0 Å². The molecule has 58 valence electrons. The molecule has 0 aromatic carbocycles. The van der Waals surface area contributed by atoms with Crippen LogP contribution in [0.25, 0.3) is 0 Å². The molecule has 0 amide bonds. The molecule has 0 fully saturated rings. The van der Waals surface area contributed by atoms with E-state index in [2.05, 4.69) is 53.6 Å². The maximum atomic E-state index is 3.09. The van der Waals surface area contributed by atoms with Crippen molar-refractivity contribution in [2.75, 3.05) is 0 Å². The van der Waals surface area contributed by atoms with E-state index in [9.17, 15) is 0 Å². The molecule has 1 aromatic heterocycles. The maximum absolute atomic E-state index is 3.09. The number of hydrogen-bond acceptors (Lipinski definition) is 1. The van der Waals surface area contributed by atoms with E-state index in [-0.39, 0.29) is 0 Å². The molecular weight excluding hydrogens is 286 g/mol. The summed E-state index contributed by atoms with van der Waals surface area (Å²) in [6.45, 7) is 0. The first kappa shape index (κ1) is 9.57. The van der Waals surface area contributed by atoms with Crippen LogP contribution in [0.15, 0.2) is 17.5 Å². The Morgan fingerprint density at radius 1 is 1.64 bits per heavy atom. The molecule has 0 radical (unpaired) electrons. The van der Waals surface area contributed by atoms with Crippen LogP contribution in [0.1, 0.15) is 11.3 Å². The van der Waals surface area contributed by atoms with Crippen LogP contribution in [0.4, 0.5) is 0 Å². The van der Waals surface area contributed by atoms with E-state index in [1.807, 2.05) is 11.3 Å². The number of rotatable bonds is 4. The summed E-state index contributed by atoms with van der Waals surface area (Å²) in [4.78, 5) is 3.49. The standard InChI is InChI=1S/C8H8SSe2/c10-5-3-8(11)6-7-2-1-4-9-7/h1-2,4-5H,3,6H2. The predicted molar refractivity (Wildman–Crippen MR) is 55.2 cm³/mol. The van der Waals surface area contributed by atoms with E-state index >= 15 is 0 Å². The van der Waals surface area contributed by atoms with Crippen molar-refractivity contribution in [1.29, 1.82) is 0 Å². The summed E-state index contributed by atoms with van der Waals surface area (Å²) in [6.07, 6.45) is 2.12. The van der Waals surface area contributed by atoms with E-state index in [0.717, 1.165) is 12.8 Å². The second kappa shape index (κ2) is 5.18. The minimum absolute atomic E-state index is 1.04. The number of hydrogen-bond donors (Lipinski definition) is 0. The molecule has 11 heavy (non-hydrogen) atoms. The van der Waals surface area contributed by atoms with Crippen LogP contribution in [0.2, 0.25) is 0 Å². The average Bonchev–Trinajstić information content (AvgIpc) is 2.40. The van der Waals surface area contributed by atoms with E-state index in [1.54, 1.807) is 0 Å². The Balaban J connectivity index is 2.43. The molecule has 0 aliphatic heterocycles. The molecule has 0 saturated heterocycles. The monoisotopic (exact) mass is 296 g/mol. The third-order valence-electron chi connectivity index (χ3n) is 1.26. The van der Waals surface area contributed by atoms with Crippen molar-refractivity contribution in [1.82, 2.24) is 0 Å². The molecule has 0 bridgehead atoms. The van der Waals surface area contributed by atoms with Crippen molar-refractivity contribution in [3.05, 3.63) is 22.4 Å². The van der Waals surface area contributed by atoms with Crippen LogP contribution in [-0.4, -0.2) is 40.5 Å². The summed E-state index contributed by atoms with van der Waals surface area (Å²) in [7, 11) is 0. The third-order valence-corrected chi connectivity index (χ3v) is 3.14. The van der Waals surface area contributed by atoms with Gasteiger partial charge in [-0.15, -0.1) is 0 Å². The Morgan fingerprint density at radius 2 is 2.45 bits per heavy atom. The van der Waals surface area contributed by atoms with Crippen LogP contribution in [0.5, 0.6) is 0 Å². The first-order valence-electron chi connectivity index (χ1n) is 3.30. The second-order valence-corrected chi connectivity index (χ2v) is 5.11. The van der Waals surface area contributed by atoms with Gasteiger partial charge in [-0.3, -0.25) is 0 Å². The van der Waals surface area contributed by atoms with E-state index < -0.39 is 0 Å². The normalized spacial score (nSPS) is 9.45. The molecule has 0 saturated carbocycles. The Kier molecular flexibility index (Phi) is 4.51. The van der Waals surface area contributed by atoms with Gasteiger partial charge >= 0.3 is 87.1 Å². The summed E-state index contributed by atoms with van der Waals surface area (Å²) in [5.41, 5.74) is 0. The zero-order chi connectivity index (χ0) is 8.10. The third kappa shape index (κ3) is 3.59. The topological polar surface area (TPSA) is 0 Å². The minimum atomic E-state index is 1.04. The fourth-order valence-electron chi connectivity index (χ4n) is 0.773. The first-order valence-corrected chi connectivity index (χ1v) is 6.03. The van der Waals surface area contributed by atoms with E-state index in [0.29, 0.717) is 0 Å². The molecule has 0 nitrogen and oxygen atoms in total. The summed E-state index contributed by atoms with van der Waals surface area (Å²) in [5, 5.41) is 2.12. The molecule has 0 N–H and O–H groups in total. The van der Waals surface area contributed by atoms with Crippen LogP contribution >= 0.6 is 11.3 Å². The molecule has 0 atom stereocenters. The van der Waals surface area contributed by atoms with Gasteiger partial charge in [0.25, 0.3) is 0 Å². The Labute approximate surface area is 86.7 Å². The van der Waals surface area contributed by atoms with Gasteiger partial charge in [0, 0.05) is 0 Å². The molecule has 1 heterocycles. The zero-order valence-electron chi connectivity index (χ0n) is 5.95. The molecular formula is C8H8SSe2. The van der Waals surface area contributed by atoms with Gasteiger partial charge in [-0.1, -0.05) is 0 Å². The van der Waals surface area contributed by atoms with Gasteiger partial charge in [0.05, 0.1) is 0 Å². The fourth-order valence-corrected chi connectivity index (χ4v) is 3.18. The summed E-state index contributed by atoms with van der Waals surface area (Å²) in [5.74, 6) is 0. The first-order chi connectivity index (χ1) is 5.33. The van der Waals surface area contributed by atoms with E-state index in [4.69, 9.17) is 0 Å². The average molecular weight is 294 g/mol. The van der Waals surface area contributed by atoms with Crippen molar-refractivity contribution >= 4 is 51.8 Å². The van der Waals surface area contributed by atoms with Crippen molar-refractivity contribution in [3.63, 3.8) is 0 Å². The molecule has 0 unspecified atom stereocenters. The van der Waals surface area contributed by atoms with Crippen molar-refractivity contribution < 1.29 is 0 Å². The van der Waals surface area contributed by atoms with Gasteiger partial charge in [0.15, 0.2) is 0 Å².